The molecule has 13 heteroatoms. The highest BCUT2D eigenvalue weighted by molar-refractivity contribution is 5.93. The van der Waals surface area contributed by atoms with Gasteiger partial charge in [0.15, 0.2) is 5.82 Å². The largest absolute Gasteiger partial charge is 0.507 e. The van der Waals surface area contributed by atoms with Crippen LogP contribution in [0.25, 0.3) is 28.0 Å². The molecule has 1 aliphatic heterocycles. The van der Waals surface area contributed by atoms with E-state index < -0.39 is 18.6 Å². The van der Waals surface area contributed by atoms with Crippen molar-refractivity contribution in [3.63, 3.8) is 0 Å². The number of phenolic OH excluding ortho intramolecular Hbond substituents is 1. The van der Waals surface area contributed by atoms with Crippen LogP contribution in [0.15, 0.2) is 36.4 Å². The summed E-state index contributed by atoms with van der Waals surface area (Å²) < 4.78 is 39.9. The number of carbonyl (C=O) groups excluding carboxylic acids is 1. The van der Waals surface area contributed by atoms with E-state index in [4.69, 9.17) is 0 Å². The highest BCUT2D eigenvalue weighted by Crippen LogP contribution is 2.36. The number of amides is 1. The number of alkyl halides is 3. The predicted molar refractivity (Wildman–Crippen MR) is 145 cm³/mol. The normalized spacial score (nSPS) is 14.8. The zero-order chi connectivity index (χ0) is 28.6. The fourth-order valence-electron chi connectivity index (χ4n) is 4.94. The fraction of sp³-hybridized carbons (Fsp3) is 0.407. The number of rotatable bonds is 7. The van der Waals surface area contributed by atoms with Gasteiger partial charge in [-0.25, -0.2) is 0 Å². The molecular weight excluding hydrogens is 525 g/mol. The number of nitrogens with one attached hydrogen (secondary N) is 2. The third-order valence-electron chi connectivity index (χ3n) is 7.10. The number of aromatic hydroxyl groups is 1. The van der Waals surface area contributed by atoms with Gasteiger partial charge < -0.3 is 20.2 Å². The Balaban J connectivity index is 1.57. The first-order valence-electron chi connectivity index (χ1n) is 13.1. The lowest BCUT2D eigenvalue weighted by Crippen LogP contribution is -2.46. The van der Waals surface area contributed by atoms with Gasteiger partial charge in [0.2, 0.25) is 5.82 Å². The molecule has 40 heavy (non-hydrogen) atoms. The maximum atomic E-state index is 12.9. The van der Waals surface area contributed by atoms with E-state index in [0.717, 1.165) is 49.5 Å². The first kappa shape index (κ1) is 27.4. The van der Waals surface area contributed by atoms with Gasteiger partial charge in [0.1, 0.15) is 12.3 Å². The van der Waals surface area contributed by atoms with Crippen LogP contribution in [0.1, 0.15) is 43.0 Å². The number of hydrogen-bond acceptors (Lipinski definition) is 7. The molecule has 1 aliphatic rings. The number of anilines is 1. The Bertz CT molecular complexity index is 1500. The summed E-state index contributed by atoms with van der Waals surface area (Å²) in [6.07, 6.45) is -4.59. The molecule has 0 saturated carbocycles. The third-order valence-corrected chi connectivity index (χ3v) is 7.10. The molecule has 5 rings (SSSR count). The second-order valence-corrected chi connectivity index (χ2v) is 10.1. The summed E-state index contributed by atoms with van der Waals surface area (Å²) in [7, 11) is 0. The highest BCUT2D eigenvalue weighted by atomic mass is 19.4. The van der Waals surface area contributed by atoms with Gasteiger partial charge in [0.25, 0.3) is 5.91 Å². The van der Waals surface area contributed by atoms with E-state index >= 15 is 0 Å². The minimum Gasteiger partial charge on any atom is -0.507 e. The molecule has 1 saturated heterocycles. The lowest BCUT2D eigenvalue weighted by molar-refractivity contribution is -0.123. The number of aromatic nitrogens is 5. The number of hydrogen-bond donors (Lipinski definition) is 3. The molecule has 1 amide bonds. The molecule has 0 bridgehead atoms. The summed E-state index contributed by atoms with van der Waals surface area (Å²) in [4.78, 5) is 17.5. The average Bonchev–Trinajstić information content (AvgIpc) is 3.55. The number of likely N-dealkylation sites (N-methyl/N-ethyl adjacent to an activating group) is 1. The zero-order valence-electron chi connectivity index (χ0n) is 22.5. The molecule has 0 spiro atoms. The number of piperazine rings is 1. The molecule has 0 aliphatic carbocycles. The van der Waals surface area contributed by atoms with Gasteiger partial charge in [-0.1, -0.05) is 20.8 Å². The number of fused-ring (bicyclic) bond motifs is 1. The topological polar surface area (TPSA) is 115 Å². The molecule has 212 valence electrons. The summed E-state index contributed by atoms with van der Waals surface area (Å²) in [5, 5.41) is 28.9. The monoisotopic (exact) mass is 556 g/mol. The van der Waals surface area contributed by atoms with Gasteiger partial charge >= 0.3 is 6.18 Å². The Kier molecular flexibility index (Phi) is 7.41. The maximum Gasteiger partial charge on any atom is 0.405 e. The summed E-state index contributed by atoms with van der Waals surface area (Å²) in [6.45, 7) is 9.22. The summed E-state index contributed by atoms with van der Waals surface area (Å²) >= 11 is 0. The SMILES string of the molecule is CCN1CCN(c2ccc(-n3c(C(=O)NCC(F)(F)F)nnc3-c3cc4c(C(C)C)n[nH]c4cc3O)cc2)CC1. The molecule has 0 atom stereocenters. The molecule has 4 aromatic rings. The van der Waals surface area contributed by atoms with Crippen LogP contribution in [0, 0.1) is 0 Å². The van der Waals surface area contributed by atoms with E-state index in [1.807, 2.05) is 31.3 Å². The second-order valence-electron chi connectivity index (χ2n) is 10.1. The van der Waals surface area contributed by atoms with Crippen LogP contribution in [0.4, 0.5) is 18.9 Å². The summed E-state index contributed by atoms with van der Waals surface area (Å²) in [6, 6.07) is 10.5. The van der Waals surface area contributed by atoms with Gasteiger partial charge in [-0.3, -0.25) is 14.5 Å². The number of H-pyrrole nitrogens is 1. The number of aromatic amines is 1. The molecular formula is C27H31F3N8O2. The molecule has 2 aromatic carbocycles. The van der Waals surface area contributed by atoms with Crippen LogP contribution < -0.4 is 10.2 Å². The van der Waals surface area contributed by atoms with E-state index in [9.17, 15) is 23.1 Å². The van der Waals surface area contributed by atoms with Crippen LogP contribution in [-0.2, 0) is 0 Å². The van der Waals surface area contributed by atoms with Crippen molar-refractivity contribution in [2.75, 3.05) is 44.2 Å². The van der Waals surface area contributed by atoms with Crippen LogP contribution in [0.2, 0.25) is 0 Å². The van der Waals surface area contributed by atoms with Gasteiger partial charge in [0, 0.05) is 49.0 Å². The van der Waals surface area contributed by atoms with Crippen LogP contribution in [0.3, 0.4) is 0 Å². The molecule has 10 nitrogen and oxygen atoms in total. The van der Waals surface area contributed by atoms with Crippen LogP contribution in [-0.4, -0.2) is 86.3 Å². The summed E-state index contributed by atoms with van der Waals surface area (Å²) in [5.41, 5.74) is 3.10. The van der Waals surface area contributed by atoms with Crippen molar-refractivity contribution in [1.82, 2.24) is 35.2 Å². The van der Waals surface area contributed by atoms with Gasteiger partial charge in [-0.05, 0) is 42.8 Å². The van der Waals surface area contributed by atoms with Crippen molar-refractivity contribution in [2.45, 2.75) is 32.9 Å². The minimum absolute atomic E-state index is 0.0828. The van der Waals surface area contributed by atoms with E-state index in [2.05, 4.69) is 37.1 Å². The Morgan fingerprint density at radius 3 is 2.38 bits per heavy atom. The Morgan fingerprint density at radius 2 is 1.75 bits per heavy atom. The molecule has 2 aromatic heterocycles. The van der Waals surface area contributed by atoms with Gasteiger partial charge in [0.05, 0.1) is 16.8 Å². The quantitative estimate of drug-likeness (QED) is 0.314. The number of carbonyl (C=O) groups is 1. The first-order chi connectivity index (χ1) is 19.1. The molecule has 3 N–H and O–H groups in total. The molecule has 0 radical (unpaired) electrons. The molecule has 3 heterocycles. The van der Waals surface area contributed by atoms with Crippen molar-refractivity contribution in [1.29, 1.82) is 0 Å². The first-order valence-corrected chi connectivity index (χ1v) is 13.1. The molecule has 1 fully saturated rings. The Hall–Kier alpha value is -4.13. The third kappa shape index (κ3) is 5.46. The van der Waals surface area contributed by atoms with E-state index in [0.29, 0.717) is 11.2 Å². The second kappa shape index (κ2) is 10.8. The number of phenols is 1. The Morgan fingerprint density at radius 1 is 1.07 bits per heavy atom. The van der Waals surface area contributed by atoms with E-state index in [1.54, 1.807) is 18.2 Å². The smallest absolute Gasteiger partial charge is 0.405 e. The van der Waals surface area contributed by atoms with E-state index in [1.165, 1.54) is 10.6 Å². The summed E-state index contributed by atoms with van der Waals surface area (Å²) in [5.74, 6) is -1.33. The minimum atomic E-state index is -4.59. The lowest BCUT2D eigenvalue weighted by atomic mass is 10.0. The van der Waals surface area contributed by atoms with Crippen molar-refractivity contribution in [3.05, 3.63) is 47.9 Å². The lowest BCUT2D eigenvalue weighted by Gasteiger charge is -2.35. The van der Waals surface area contributed by atoms with Crippen LogP contribution in [0.5, 0.6) is 5.75 Å². The van der Waals surface area contributed by atoms with Gasteiger partial charge in [-0.15, -0.1) is 10.2 Å². The maximum absolute atomic E-state index is 12.9. The fourth-order valence-corrected chi connectivity index (χ4v) is 4.94. The molecule has 0 unspecified atom stereocenters. The van der Waals surface area contributed by atoms with Crippen molar-refractivity contribution in [3.8, 4) is 22.8 Å². The van der Waals surface area contributed by atoms with Gasteiger partial charge in [-0.2, -0.15) is 18.3 Å². The van der Waals surface area contributed by atoms with Crippen molar-refractivity contribution < 1.29 is 23.1 Å². The van der Waals surface area contributed by atoms with E-state index in [-0.39, 0.29) is 28.9 Å². The highest BCUT2D eigenvalue weighted by Gasteiger charge is 2.30. The number of nitrogens with zero attached hydrogens (tertiary/aromatic N) is 6. The number of halogens is 3. The predicted octanol–water partition coefficient (Wildman–Crippen LogP) is 4.07. The standard InChI is InChI=1S/C27H31F3N8O2/c1-4-36-9-11-37(12-10-36)17-5-7-18(8-6-17)38-24(34-35-25(38)26(40)31-15-27(28,29)30)20-13-19-21(14-22(20)39)32-33-23(19)16(2)3/h5-8,13-14,16,39H,4,9-12,15H2,1-3H3,(H,31,40)(H,32,33). The average molecular weight is 557 g/mol. The Labute approximate surface area is 228 Å². The van der Waals surface area contributed by atoms with Crippen molar-refractivity contribution in [2.24, 2.45) is 0 Å². The number of benzene rings is 2. The van der Waals surface area contributed by atoms with Crippen LogP contribution >= 0.6 is 0 Å². The van der Waals surface area contributed by atoms with Crippen molar-refractivity contribution >= 4 is 22.5 Å². The zero-order valence-corrected chi connectivity index (χ0v) is 22.5.